The van der Waals surface area contributed by atoms with E-state index in [1.165, 1.54) is 0 Å². The molecule has 1 aliphatic rings. The smallest absolute Gasteiger partial charge is 0.254 e. The van der Waals surface area contributed by atoms with Crippen molar-refractivity contribution in [1.82, 2.24) is 9.80 Å². The highest BCUT2D eigenvalue weighted by Crippen LogP contribution is 2.30. The van der Waals surface area contributed by atoms with Crippen LogP contribution in [-0.4, -0.2) is 89.8 Å². The Morgan fingerprint density at radius 3 is 1.51 bits per heavy atom. The number of benzene rings is 4. The van der Waals surface area contributed by atoms with Crippen molar-refractivity contribution in [3.8, 4) is 11.5 Å². The number of ketones is 2. The molecular formula is C40H46N4O5. The van der Waals surface area contributed by atoms with Crippen molar-refractivity contribution in [2.75, 3.05) is 62.2 Å². The fourth-order valence-corrected chi connectivity index (χ4v) is 6.55. The fraction of sp³-hybridized carbons (Fsp3) is 0.325. The molecule has 1 fully saturated rings. The average Bonchev–Trinajstić information content (AvgIpc) is 3.12. The molecule has 1 saturated heterocycles. The molecule has 0 bridgehead atoms. The predicted octanol–water partition coefficient (Wildman–Crippen LogP) is 6.21. The molecule has 4 aromatic carbocycles. The number of phenolic OH excluding ortho intramolecular Hbond substituents is 2. The highest BCUT2D eigenvalue weighted by molar-refractivity contribution is 6.16. The molecule has 0 radical (unpaired) electrons. The molecule has 1 amide bonds. The Hall–Kier alpha value is -5.15. The van der Waals surface area contributed by atoms with Crippen LogP contribution in [0, 0.1) is 0 Å². The van der Waals surface area contributed by atoms with E-state index in [1.54, 1.807) is 59.5 Å². The Morgan fingerprint density at radius 2 is 1.02 bits per heavy atom. The van der Waals surface area contributed by atoms with Crippen molar-refractivity contribution >= 4 is 28.8 Å². The summed E-state index contributed by atoms with van der Waals surface area (Å²) in [5, 5.41) is 21.6. The predicted molar refractivity (Wildman–Crippen MR) is 194 cm³/mol. The van der Waals surface area contributed by atoms with E-state index in [-0.39, 0.29) is 39.9 Å². The largest absolute Gasteiger partial charge is 0.507 e. The summed E-state index contributed by atoms with van der Waals surface area (Å²) < 4.78 is 0. The van der Waals surface area contributed by atoms with E-state index < -0.39 is 5.78 Å². The molecule has 0 aromatic heterocycles. The Morgan fingerprint density at radius 1 is 0.571 bits per heavy atom. The van der Waals surface area contributed by atoms with Crippen molar-refractivity contribution in [3.63, 3.8) is 0 Å². The van der Waals surface area contributed by atoms with Crippen LogP contribution in [0.3, 0.4) is 0 Å². The third-order valence-corrected chi connectivity index (χ3v) is 9.43. The zero-order chi connectivity index (χ0) is 35.1. The second-order valence-electron chi connectivity index (χ2n) is 12.2. The van der Waals surface area contributed by atoms with E-state index in [1.807, 2.05) is 58.0 Å². The third kappa shape index (κ3) is 7.62. The lowest BCUT2D eigenvalue weighted by molar-refractivity contribution is 0.0625. The number of anilines is 2. The van der Waals surface area contributed by atoms with Gasteiger partial charge in [-0.2, -0.15) is 0 Å². The molecule has 0 spiro atoms. The van der Waals surface area contributed by atoms with Gasteiger partial charge in [-0.15, -0.1) is 0 Å². The minimum absolute atomic E-state index is 0.0399. The molecule has 49 heavy (non-hydrogen) atoms. The number of rotatable bonds is 13. The quantitative estimate of drug-likeness (QED) is 0.163. The van der Waals surface area contributed by atoms with Crippen LogP contribution >= 0.6 is 0 Å². The van der Waals surface area contributed by atoms with Crippen LogP contribution in [0.4, 0.5) is 11.4 Å². The second-order valence-corrected chi connectivity index (χ2v) is 12.2. The SMILES string of the molecule is CCN(CC)c1ccc(C(=O)c2ccccc2CN2CCN(C(=O)c3ccccc3C(=O)c3ccc(N(CC)CC)cc3O)CC2)c(O)c1. The van der Waals surface area contributed by atoms with Gasteiger partial charge in [0.1, 0.15) is 11.5 Å². The molecule has 4 aromatic rings. The molecular weight excluding hydrogens is 616 g/mol. The van der Waals surface area contributed by atoms with Crippen molar-refractivity contribution in [3.05, 3.63) is 118 Å². The molecule has 256 valence electrons. The minimum atomic E-state index is -0.402. The van der Waals surface area contributed by atoms with Gasteiger partial charge >= 0.3 is 0 Å². The van der Waals surface area contributed by atoms with Crippen LogP contribution in [0.5, 0.6) is 11.5 Å². The maximum absolute atomic E-state index is 13.8. The Balaban J connectivity index is 1.26. The van der Waals surface area contributed by atoms with Crippen LogP contribution in [-0.2, 0) is 6.54 Å². The molecule has 0 saturated carbocycles. The normalized spacial score (nSPS) is 13.3. The van der Waals surface area contributed by atoms with E-state index in [2.05, 4.69) is 14.7 Å². The lowest BCUT2D eigenvalue weighted by Crippen LogP contribution is -2.48. The lowest BCUT2D eigenvalue weighted by atomic mass is 9.96. The topological polar surface area (TPSA) is 105 Å². The lowest BCUT2D eigenvalue weighted by Gasteiger charge is -2.35. The van der Waals surface area contributed by atoms with Gasteiger partial charge in [-0.1, -0.05) is 42.5 Å². The van der Waals surface area contributed by atoms with Crippen LogP contribution in [0.1, 0.15) is 75.5 Å². The Kier molecular flexibility index (Phi) is 11.4. The van der Waals surface area contributed by atoms with Gasteiger partial charge in [0.15, 0.2) is 11.6 Å². The molecule has 9 heteroatoms. The number of piperazine rings is 1. The van der Waals surface area contributed by atoms with Gasteiger partial charge in [-0.05, 0) is 63.6 Å². The highest BCUT2D eigenvalue weighted by atomic mass is 16.3. The fourth-order valence-electron chi connectivity index (χ4n) is 6.55. The molecule has 2 N–H and O–H groups in total. The molecule has 9 nitrogen and oxygen atoms in total. The summed E-state index contributed by atoms with van der Waals surface area (Å²) in [6.07, 6.45) is 0. The number of amides is 1. The van der Waals surface area contributed by atoms with Crippen molar-refractivity contribution in [2.24, 2.45) is 0 Å². The summed E-state index contributed by atoms with van der Waals surface area (Å²) in [5.41, 5.74) is 4.06. The van der Waals surface area contributed by atoms with E-state index in [0.717, 1.165) is 43.1 Å². The number of phenols is 2. The van der Waals surface area contributed by atoms with Crippen molar-refractivity contribution < 1.29 is 24.6 Å². The number of aromatic hydroxyl groups is 2. The zero-order valence-electron chi connectivity index (χ0n) is 28.9. The van der Waals surface area contributed by atoms with Crippen molar-refractivity contribution in [1.29, 1.82) is 0 Å². The summed E-state index contributed by atoms with van der Waals surface area (Å²) in [6, 6.07) is 24.5. The van der Waals surface area contributed by atoms with Crippen LogP contribution < -0.4 is 9.80 Å². The van der Waals surface area contributed by atoms with Crippen LogP contribution in [0.2, 0.25) is 0 Å². The summed E-state index contributed by atoms with van der Waals surface area (Å²) in [4.78, 5) is 49.2. The molecule has 5 rings (SSSR count). The first-order valence-electron chi connectivity index (χ1n) is 17.1. The number of hydrogen-bond donors (Lipinski definition) is 2. The standard InChI is InChI=1S/C40H46N4O5/c1-5-42(6-2)29-17-19-34(36(45)25-29)38(47)31-14-10-9-13-28(31)27-41-21-23-44(24-22-41)40(49)33-16-12-11-15-32(33)39(48)35-20-18-30(26-37(35)46)43(7-3)8-4/h9-20,25-26,45-46H,5-8,21-24,27H2,1-4H3. The third-order valence-electron chi connectivity index (χ3n) is 9.43. The zero-order valence-corrected chi connectivity index (χ0v) is 28.9. The monoisotopic (exact) mass is 662 g/mol. The van der Waals surface area contributed by atoms with E-state index in [4.69, 9.17) is 0 Å². The minimum Gasteiger partial charge on any atom is -0.507 e. The van der Waals surface area contributed by atoms with E-state index in [0.29, 0.717) is 43.9 Å². The summed E-state index contributed by atoms with van der Waals surface area (Å²) in [5.74, 6) is -1.02. The van der Waals surface area contributed by atoms with Gasteiger partial charge in [-0.25, -0.2) is 0 Å². The number of nitrogens with zero attached hydrogens (tertiary/aromatic N) is 4. The molecule has 0 atom stereocenters. The van der Waals surface area contributed by atoms with E-state index in [9.17, 15) is 24.6 Å². The van der Waals surface area contributed by atoms with Gasteiger partial charge in [0, 0.05) is 93.5 Å². The summed E-state index contributed by atoms with van der Waals surface area (Å²) >= 11 is 0. The van der Waals surface area contributed by atoms with Gasteiger partial charge in [-0.3, -0.25) is 19.3 Å². The Labute approximate surface area is 289 Å². The van der Waals surface area contributed by atoms with Crippen LogP contribution in [0.15, 0.2) is 84.9 Å². The van der Waals surface area contributed by atoms with Gasteiger partial charge in [0.05, 0.1) is 16.7 Å². The molecule has 1 heterocycles. The number of carbonyl (C=O) groups is 3. The highest BCUT2D eigenvalue weighted by Gasteiger charge is 2.28. The van der Waals surface area contributed by atoms with Crippen LogP contribution in [0.25, 0.3) is 0 Å². The molecule has 0 unspecified atom stereocenters. The Bertz CT molecular complexity index is 1810. The average molecular weight is 663 g/mol. The maximum atomic E-state index is 13.8. The first-order chi connectivity index (χ1) is 23.7. The van der Waals surface area contributed by atoms with Gasteiger partial charge in [0.25, 0.3) is 5.91 Å². The summed E-state index contributed by atoms with van der Waals surface area (Å²) in [7, 11) is 0. The van der Waals surface area contributed by atoms with Gasteiger partial charge in [0.2, 0.25) is 0 Å². The van der Waals surface area contributed by atoms with Gasteiger partial charge < -0.3 is 24.9 Å². The second kappa shape index (κ2) is 15.8. The van der Waals surface area contributed by atoms with Crippen molar-refractivity contribution in [2.45, 2.75) is 34.2 Å². The first kappa shape index (κ1) is 35.2. The van der Waals surface area contributed by atoms with E-state index >= 15 is 0 Å². The molecule has 1 aliphatic heterocycles. The number of carbonyl (C=O) groups excluding carboxylic acids is 3. The molecule has 0 aliphatic carbocycles. The summed E-state index contributed by atoms with van der Waals surface area (Å²) in [6.45, 7) is 13.9. The first-order valence-corrected chi connectivity index (χ1v) is 17.1. The maximum Gasteiger partial charge on any atom is 0.254 e. The number of hydrogen-bond acceptors (Lipinski definition) is 8.